The monoisotopic (exact) mass is 245 g/mol. The molecule has 0 aromatic heterocycles. The topological polar surface area (TPSA) is 125 Å². The van der Waals surface area contributed by atoms with E-state index in [2.05, 4.69) is 5.32 Å². The van der Waals surface area contributed by atoms with Gasteiger partial charge in [-0.3, -0.25) is 0 Å². The van der Waals surface area contributed by atoms with Crippen molar-refractivity contribution in [1.29, 1.82) is 0 Å². The van der Waals surface area contributed by atoms with Gasteiger partial charge in [0, 0.05) is 0 Å². The zero-order valence-corrected chi connectivity index (χ0v) is 9.24. The number of nitrogens with two attached hydrogens (primary N) is 2. The van der Waals surface area contributed by atoms with E-state index in [1.165, 1.54) is 25.3 Å². The number of urea groups is 1. The van der Waals surface area contributed by atoms with Gasteiger partial charge in [0.1, 0.15) is 5.75 Å². The molecule has 8 heteroatoms. The van der Waals surface area contributed by atoms with Crippen molar-refractivity contribution < 1.29 is 17.9 Å². The van der Waals surface area contributed by atoms with Crippen LogP contribution in [0.25, 0.3) is 0 Å². The van der Waals surface area contributed by atoms with Crippen molar-refractivity contribution in [2.75, 3.05) is 12.4 Å². The summed E-state index contributed by atoms with van der Waals surface area (Å²) in [7, 11) is -2.46. The standard InChI is InChI=1S/C8H11N3O4S/c1-15-7-3-2-5(16(10,13)14)4-6(7)11-8(9)12/h2-4H,1H3,(H3,9,11,12)(H2,10,13,14). The van der Waals surface area contributed by atoms with Crippen LogP contribution in [0, 0.1) is 0 Å². The predicted octanol–water partition coefficient (Wildman–Crippen LogP) is -0.167. The second kappa shape index (κ2) is 4.37. The van der Waals surface area contributed by atoms with Crippen LogP contribution in [0.15, 0.2) is 23.1 Å². The van der Waals surface area contributed by atoms with Crippen LogP contribution in [0.5, 0.6) is 5.75 Å². The minimum Gasteiger partial charge on any atom is -0.495 e. The van der Waals surface area contributed by atoms with Crippen LogP contribution in [0.4, 0.5) is 10.5 Å². The van der Waals surface area contributed by atoms with Gasteiger partial charge in [-0.25, -0.2) is 18.4 Å². The van der Waals surface area contributed by atoms with E-state index < -0.39 is 16.1 Å². The molecule has 0 radical (unpaired) electrons. The first-order valence-corrected chi connectivity index (χ1v) is 5.66. The Kier molecular flexibility index (Phi) is 3.35. The summed E-state index contributed by atoms with van der Waals surface area (Å²) in [5.74, 6) is 0.284. The number of benzene rings is 1. The molecule has 0 saturated carbocycles. The minimum atomic E-state index is -3.83. The molecule has 0 spiro atoms. The molecule has 0 aliphatic rings. The molecule has 2 amide bonds. The Bertz CT molecular complexity index is 512. The number of nitrogens with one attached hydrogen (secondary N) is 1. The summed E-state index contributed by atoms with van der Waals surface area (Å²) < 4.78 is 27.0. The van der Waals surface area contributed by atoms with E-state index in [0.29, 0.717) is 0 Å². The Hall–Kier alpha value is -1.80. The van der Waals surface area contributed by atoms with Gasteiger partial charge in [-0.15, -0.1) is 0 Å². The Morgan fingerprint density at radius 3 is 2.50 bits per heavy atom. The van der Waals surface area contributed by atoms with Gasteiger partial charge in [0.15, 0.2) is 0 Å². The summed E-state index contributed by atoms with van der Waals surface area (Å²) in [6.07, 6.45) is 0. The number of carbonyl (C=O) groups excluding carboxylic acids is 1. The van der Waals surface area contributed by atoms with Gasteiger partial charge >= 0.3 is 6.03 Å². The number of primary amides is 1. The van der Waals surface area contributed by atoms with Gasteiger partial charge in [0.05, 0.1) is 17.7 Å². The highest BCUT2D eigenvalue weighted by Crippen LogP contribution is 2.26. The number of primary sulfonamides is 1. The largest absolute Gasteiger partial charge is 0.495 e. The fourth-order valence-corrected chi connectivity index (χ4v) is 1.63. The first-order chi connectivity index (χ1) is 7.34. The lowest BCUT2D eigenvalue weighted by Gasteiger charge is -2.09. The smallest absolute Gasteiger partial charge is 0.316 e. The highest BCUT2D eigenvalue weighted by molar-refractivity contribution is 7.89. The van der Waals surface area contributed by atoms with Gasteiger partial charge in [0.2, 0.25) is 10.0 Å². The Morgan fingerprint density at radius 1 is 1.44 bits per heavy atom. The molecule has 16 heavy (non-hydrogen) atoms. The number of hydrogen-bond acceptors (Lipinski definition) is 4. The molecule has 0 aliphatic heterocycles. The van der Waals surface area contributed by atoms with Gasteiger partial charge in [0.25, 0.3) is 0 Å². The zero-order valence-electron chi connectivity index (χ0n) is 8.43. The van der Waals surface area contributed by atoms with Crippen LogP contribution in [-0.4, -0.2) is 21.6 Å². The first kappa shape index (κ1) is 12.3. The molecule has 7 nitrogen and oxygen atoms in total. The predicted molar refractivity (Wildman–Crippen MR) is 57.6 cm³/mol. The van der Waals surface area contributed by atoms with Crippen LogP contribution in [-0.2, 0) is 10.0 Å². The van der Waals surface area contributed by atoms with Crippen LogP contribution in [0.1, 0.15) is 0 Å². The molecule has 0 saturated heterocycles. The first-order valence-electron chi connectivity index (χ1n) is 4.12. The van der Waals surface area contributed by atoms with Gasteiger partial charge in [-0.1, -0.05) is 0 Å². The van der Waals surface area contributed by atoms with E-state index in [1.54, 1.807) is 0 Å². The zero-order chi connectivity index (χ0) is 12.3. The number of hydrogen-bond donors (Lipinski definition) is 3. The van der Waals surface area contributed by atoms with Crippen molar-refractivity contribution in [3.63, 3.8) is 0 Å². The molecule has 0 bridgehead atoms. The van der Waals surface area contributed by atoms with E-state index >= 15 is 0 Å². The third-order valence-electron chi connectivity index (χ3n) is 1.76. The van der Waals surface area contributed by atoms with Crippen molar-refractivity contribution in [3.05, 3.63) is 18.2 Å². The average Bonchev–Trinajstić information content (AvgIpc) is 2.15. The number of methoxy groups -OCH3 is 1. The maximum Gasteiger partial charge on any atom is 0.316 e. The fraction of sp³-hybridized carbons (Fsp3) is 0.125. The molecule has 1 aromatic carbocycles. The second-order valence-electron chi connectivity index (χ2n) is 2.90. The summed E-state index contributed by atoms with van der Waals surface area (Å²) in [6.45, 7) is 0. The van der Waals surface area contributed by atoms with E-state index in [9.17, 15) is 13.2 Å². The molecule has 0 heterocycles. The molecule has 1 rings (SSSR count). The Labute approximate surface area is 92.4 Å². The van der Waals surface area contributed by atoms with Crippen LogP contribution in [0.3, 0.4) is 0 Å². The number of sulfonamides is 1. The van der Waals surface area contributed by atoms with Gasteiger partial charge in [-0.2, -0.15) is 0 Å². The number of carbonyl (C=O) groups is 1. The summed E-state index contributed by atoms with van der Waals surface area (Å²) in [5, 5.41) is 7.17. The van der Waals surface area contributed by atoms with Gasteiger partial charge in [-0.05, 0) is 18.2 Å². The molecule has 5 N–H and O–H groups in total. The number of ether oxygens (including phenoxy) is 1. The number of amides is 2. The minimum absolute atomic E-state index is 0.140. The Balaban J connectivity index is 3.27. The van der Waals surface area contributed by atoms with Crippen LogP contribution >= 0.6 is 0 Å². The lowest BCUT2D eigenvalue weighted by atomic mass is 10.3. The van der Waals surface area contributed by atoms with E-state index in [1.807, 2.05) is 0 Å². The second-order valence-corrected chi connectivity index (χ2v) is 4.46. The van der Waals surface area contributed by atoms with Crippen molar-refractivity contribution in [2.45, 2.75) is 4.90 Å². The third-order valence-corrected chi connectivity index (χ3v) is 2.67. The summed E-state index contributed by atoms with van der Waals surface area (Å²) >= 11 is 0. The average molecular weight is 245 g/mol. The SMILES string of the molecule is COc1ccc(S(N)(=O)=O)cc1NC(N)=O. The molecule has 0 fully saturated rings. The molecule has 0 atom stereocenters. The molecular weight excluding hydrogens is 234 g/mol. The number of anilines is 1. The van der Waals surface area contributed by atoms with E-state index in [0.717, 1.165) is 0 Å². The summed E-state index contributed by atoms with van der Waals surface area (Å²) in [5.41, 5.74) is 5.06. The fourth-order valence-electron chi connectivity index (χ4n) is 1.09. The van der Waals surface area contributed by atoms with Crippen LogP contribution < -0.4 is 20.9 Å². The quantitative estimate of drug-likeness (QED) is 0.683. The molecule has 0 aliphatic carbocycles. The molecule has 0 unspecified atom stereocenters. The maximum absolute atomic E-state index is 11.1. The lowest BCUT2D eigenvalue weighted by Crippen LogP contribution is -2.20. The van der Waals surface area contributed by atoms with Crippen molar-refractivity contribution in [2.24, 2.45) is 10.9 Å². The normalized spacial score (nSPS) is 10.9. The highest BCUT2D eigenvalue weighted by atomic mass is 32.2. The molecular formula is C8H11N3O4S. The van der Waals surface area contributed by atoms with Crippen molar-refractivity contribution in [3.8, 4) is 5.75 Å². The molecule has 1 aromatic rings. The van der Waals surface area contributed by atoms with E-state index in [-0.39, 0.29) is 16.3 Å². The van der Waals surface area contributed by atoms with Crippen molar-refractivity contribution in [1.82, 2.24) is 0 Å². The maximum atomic E-state index is 11.1. The van der Waals surface area contributed by atoms with Crippen molar-refractivity contribution >= 4 is 21.7 Å². The lowest BCUT2D eigenvalue weighted by molar-refractivity contribution is 0.259. The highest BCUT2D eigenvalue weighted by Gasteiger charge is 2.12. The van der Waals surface area contributed by atoms with E-state index in [4.69, 9.17) is 15.6 Å². The summed E-state index contributed by atoms with van der Waals surface area (Å²) in [4.78, 5) is 10.5. The molecule has 88 valence electrons. The third kappa shape index (κ3) is 2.84. The van der Waals surface area contributed by atoms with Crippen LogP contribution in [0.2, 0.25) is 0 Å². The van der Waals surface area contributed by atoms with Gasteiger partial charge < -0.3 is 15.8 Å². The summed E-state index contributed by atoms with van der Waals surface area (Å²) in [6, 6.07) is 2.97. The Morgan fingerprint density at radius 2 is 2.06 bits per heavy atom. The number of rotatable bonds is 3.